The Morgan fingerprint density at radius 3 is 2.50 bits per heavy atom. The number of nitrogens with zero attached hydrogens (tertiary/aromatic N) is 1. The summed E-state index contributed by atoms with van der Waals surface area (Å²) in [5, 5.41) is 13.2. The SMILES string of the molecule is C=C[C@@H](c1ccc(OC)c(O)c1)N1CCNCC1.Cl.Cl. The number of ether oxygens (including phenoxy) is 1. The smallest absolute Gasteiger partial charge is 0.160 e. The summed E-state index contributed by atoms with van der Waals surface area (Å²) >= 11 is 0. The lowest BCUT2D eigenvalue weighted by atomic mass is 10.0. The molecule has 0 aromatic heterocycles. The van der Waals surface area contributed by atoms with Crippen LogP contribution in [0.15, 0.2) is 30.9 Å². The third-order valence-corrected chi connectivity index (χ3v) is 3.31. The molecule has 20 heavy (non-hydrogen) atoms. The van der Waals surface area contributed by atoms with Gasteiger partial charge in [-0.2, -0.15) is 0 Å². The van der Waals surface area contributed by atoms with E-state index < -0.39 is 0 Å². The molecule has 1 fully saturated rings. The van der Waals surface area contributed by atoms with E-state index in [0.717, 1.165) is 31.7 Å². The fourth-order valence-corrected chi connectivity index (χ4v) is 2.35. The molecule has 4 nitrogen and oxygen atoms in total. The lowest BCUT2D eigenvalue weighted by molar-refractivity contribution is 0.203. The largest absolute Gasteiger partial charge is 0.504 e. The van der Waals surface area contributed by atoms with Crippen LogP contribution in [0.25, 0.3) is 0 Å². The van der Waals surface area contributed by atoms with Gasteiger partial charge in [-0.15, -0.1) is 31.4 Å². The van der Waals surface area contributed by atoms with Crippen LogP contribution in [-0.4, -0.2) is 43.3 Å². The van der Waals surface area contributed by atoms with Gasteiger partial charge in [-0.25, -0.2) is 0 Å². The van der Waals surface area contributed by atoms with Crippen LogP contribution in [0.1, 0.15) is 11.6 Å². The highest BCUT2D eigenvalue weighted by atomic mass is 35.5. The van der Waals surface area contributed by atoms with E-state index in [1.165, 1.54) is 0 Å². The van der Waals surface area contributed by atoms with Crippen LogP contribution in [-0.2, 0) is 0 Å². The first-order valence-corrected chi connectivity index (χ1v) is 6.20. The summed E-state index contributed by atoms with van der Waals surface area (Å²) in [6, 6.07) is 5.67. The number of phenols is 1. The average molecular weight is 321 g/mol. The van der Waals surface area contributed by atoms with Crippen LogP contribution < -0.4 is 10.1 Å². The van der Waals surface area contributed by atoms with Crippen LogP contribution >= 0.6 is 24.8 Å². The highest BCUT2D eigenvalue weighted by Crippen LogP contribution is 2.31. The molecule has 1 aliphatic rings. The van der Waals surface area contributed by atoms with Gasteiger partial charge >= 0.3 is 0 Å². The van der Waals surface area contributed by atoms with Crippen molar-refractivity contribution < 1.29 is 9.84 Å². The third kappa shape index (κ3) is 4.28. The average Bonchev–Trinajstić information content (AvgIpc) is 2.41. The Morgan fingerprint density at radius 1 is 1.35 bits per heavy atom. The van der Waals surface area contributed by atoms with Crippen molar-refractivity contribution >= 4 is 24.8 Å². The molecule has 1 saturated heterocycles. The van der Waals surface area contributed by atoms with Gasteiger partial charge in [0.1, 0.15) is 0 Å². The zero-order chi connectivity index (χ0) is 13.0. The van der Waals surface area contributed by atoms with Crippen LogP contribution in [0.4, 0.5) is 0 Å². The normalized spacial score (nSPS) is 16.4. The Morgan fingerprint density at radius 2 is 2.00 bits per heavy atom. The van der Waals surface area contributed by atoms with Gasteiger partial charge in [0.2, 0.25) is 0 Å². The second-order valence-electron chi connectivity index (χ2n) is 4.40. The zero-order valence-corrected chi connectivity index (χ0v) is 13.2. The summed E-state index contributed by atoms with van der Waals surface area (Å²) in [7, 11) is 1.55. The lowest BCUT2D eigenvalue weighted by Gasteiger charge is -2.33. The van der Waals surface area contributed by atoms with E-state index >= 15 is 0 Å². The maximum atomic E-state index is 9.84. The van der Waals surface area contributed by atoms with Gasteiger partial charge < -0.3 is 15.2 Å². The molecule has 2 rings (SSSR count). The molecule has 0 aliphatic carbocycles. The molecule has 0 radical (unpaired) electrons. The van der Waals surface area contributed by atoms with Crippen molar-refractivity contribution in [1.29, 1.82) is 0 Å². The molecular weight excluding hydrogens is 299 g/mol. The van der Waals surface area contributed by atoms with Crippen LogP contribution in [0.2, 0.25) is 0 Å². The molecule has 114 valence electrons. The zero-order valence-electron chi connectivity index (χ0n) is 11.5. The molecule has 1 atom stereocenters. The number of piperazine rings is 1. The van der Waals surface area contributed by atoms with Crippen LogP contribution in [0.5, 0.6) is 11.5 Å². The number of hydrogen-bond acceptors (Lipinski definition) is 4. The van der Waals surface area contributed by atoms with Crippen molar-refractivity contribution in [3.8, 4) is 11.5 Å². The van der Waals surface area contributed by atoms with Crippen molar-refractivity contribution in [3.05, 3.63) is 36.4 Å². The number of nitrogens with one attached hydrogen (secondary N) is 1. The topological polar surface area (TPSA) is 44.7 Å². The van der Waals surface area contributed by atoms with Crippen LogP contribution in [0.3, 0.4) is 0 Å². The van der Waals surface area contributed by atoms with Crippen molar-refractivity contribution in [3.63, 3.8) is 0 Å². The number of hydrogen-bond donors (Lipinski definition) is 2. The van der Waals surface area contributed by atoms with Gasteiger partial charge in [0.15, 0.2) is 11.5 Å². The number of halogens is 2. The van der Waals surface area contributed by atoms with E-state index in [-0.39, 0.29) is 36.6 Å². The van der Waals surface area contributed by atoms with Gasteiger partial charge in [-0.3, -0.25) is 4.90 Å². The maximum absolute atomic E-state index is 9.84. The second-order valence-corrected chi connectivity index (χ2v) is 4.40. The van der Waals surface area contributed by atoms with E-state index in [1.807, 2.05) is 12.1 Å². The van der Waals surface area contributed by atoms with E-state index in [4.69, 9.17) is 4.74 Å². The van der Waals surface area contributed by atoms with E-state index in [9.17, 15) is 5.11 Å². The third-order valence-electron chi connectivity index (χ3n) is 3.31. The summed E-state index contributed by atoms with van der Waals surface area (Å²) in [6.07, 6.45) is 1.92. The van der Waals surface area contributed by atoms with Gasteiger partial charge in [0, 0.05) is 26.2 Å². The number of methoxy groups -OCH3 is 1. The number of rotatable bonds is 4. The molecule has 0 unspecified atom stereocenters. The van der Waals surface area contributed by atoms with E-state index in [1.54, 1.807) is 19.2 Å². The number of aromatic hydroxyl groups is 1. The Balaban J connectivity index is 0.00000180. The molecule has 0 spiro atoms. The second kappa shape index (κ2) is 9.08. The Labute approximate surface area is 132 Å². The molecule has 0 amide bonds. The van der Waals surface area contributed by atoms with E-state index in [2.05, 4.69) is 16.8 Å². The van der Waals surface area contributed by atoms with Crippen molar-refractivity contribution in [1.82, 2.24) is 10.2 Å². The molecule has 2 N–H and O–H groups in total. The molecular formula is C14H22Cl2N2O2. The molecule has 6 heteroatoms. The highest BCUT2D eigenvalue weighted by molar-refractivity contribution is 5.85. The Bertz CT molecular complexity index is 424. The van der Waals surface area contributed by atoms with Crippen LogP contribution in [0, 0.1) is 0 Å². The number of benzene rings is 1. The number of phenolic OH excluding ortho intramolecular Hbond substituents is 1. The Hall–Kier alpha value is -0.940. The first-order chi connectivity index (χ1) is 8.76. The minimum atomic E-state index is 0. The van der Waals surface area contributed by atoms with Crippen molar-refractivity contribution in [2.75, 3.05) is 33.3 Å². The van der Waals surface area contributed by atoms with Gasteiger partial charge in [-0.05, 0) is 17.7 Å². The fraction of sp³-hybridized carbons (Fsp3) is 0.429. The Kier molecular flexibility index (Phi) is 8.65. The molecule has 1 heterocycles. The molecule has 1 aromatic carbocycles. The summed E-state index contributed by atoms with van der Waals surface area (Å²) in [4.78, 5) is 2.35. The summed E-state index contributed by atoms with van der Waals surface area (Å²) < 4.78 is 5.06. The molecule has 1 aromatic rings. The van der Waals surface area contributed by atoms with Crippen molar-refractivity contribution in [2.24, 2.45) is 0 Å². The predicted octanol–water partition coefficient (Wildman–Crippen LogP) is 2.38. The van der Waals surface area contributed by atoms with Gasteiger partial charge in [-0.1, -0.05) is 12.1 Å². The van der Waals surface area contributed by atoms with Gasteiger partial charge in [0.25, 0.3) is 0 Å². The summed E-state index contributed by atoms with van der Waals surface area (Å²) in [5.41, 5.74) is 1.05. The minimum absolute atomic E-state index is 0. The van der Waals surface area contributed by atoms with E-state index in [0.29, 0.717) is 5.75 Å². The summed E-state index contributed by atoms with van der Waals surface area (Å²) in [6.45, 7) is 7.87. The molecule has 0 saturated carbocycles. The minimum Gasteiger partial charge on any atom is -0.504 e. The molecule has 0 bridgehead atoms. The standard InChI is InChI=1S/C14H20N2O2.2ClH/c1-3-12(16-8-6-15-7-9-16)11-4-5-14(18-2)13(17)10-11;;/h3-5,10,12,15,17H,1,6-9H2,2H3;2*1H/t12-;;/m0../s1. The first kappa shape index (κ1) is 19.1. The first-order valence-electron chi connectivity index (χ1n) is 6.20. The molecule has 1 aliphatic heterocycles. The van der Waals surface area contributed by atoms with Gasteiger partial charge in [0.05, 0.1) is 13.2 Å². The summed E-state index contributed by atoms with van der Waals surface area (Å²) in [5.74, 6) is 0.679. The monoisotopic (exact) mass is 320 g/mol. The van der Waals surface area contributed by atoms with Crippen molar-refractivity contribution in [2.45, 2.75) is 6.04 Å². The highest BCUT2D eigenvalue weighted by Gasteiger charge is 2.20. The lowest BCUT2D eigenvalue weighted by Crippen LogP contribution is -2.44. The fourth-order valence-electron chi connectivity index (χ4n) is 2.35. The quantitative estimate of drug-likeness (QED) is 0.836. The maximum Gasteiger partial charge on any atom is 0.160 e. The predicted molar refractivity (Wildman–Crippen MR) is 86.5 cm³/mol.